The summed E-state index contributed by atoms with van der Waals surface area (Å²) in [6, 6.07) is 0. The standard InChI is InChI=1S/C9H17N3/c1-9(6-11-8-10)7-12-4-2-3-5-12/h9,11H,2-7H2,1H3. The zero-order chi connectivity index (χ0) is 8.81. The van der Waals surface area contributed by atoms with Gasteiger partial charge in [-0.05, 0) is 31.8 Å². The molecular formula is C9H17N3. The molecule has 1 heterocycles. The van der Waals surface area contributed by atoms with Crippen molar-refractivity contribution in [2.24, 2.45) is 5.92 Å². The lowest BCUT2D eigenvalue weighted by atomic mass is 10.2. The summed E-state index contributed by atoms with van der Waals surface area (Å²) in [5, 5.41) is 11.0. The van der Waals surface area contributed by atoms with Gasteiger partial charge in [0.1, 0.15) is 0 Å². The topological polar surface area (TPSA) is 39.1 Å². The lowest BCUT2D eigenvalue weighted by Gasteiger charge is -2.19. The molecule has 12 heavy (non-hydrogen) atoms. The van der Waals surface area contributed by atoms with Crippen LogP contribution in [0.1, 0.15) is 19.8 Å². The Labute approximate surface area is 74.4 Å². The summed E-state index contributed by atoms with van der Waals surface area (Å²) in [4.78, 5) is 2.48. The number of likely N-dealkylation sites (tertiary alicyclic amines) is 1. The number of nitrogens with one attached hydrogen (secondary N) is 1. The van der Waals surface area contributed by atoms with E-state index in [4.69, 9.17) is 5.26 Å². The van der Waals surface area contributed by atoms with Gasteiger partial charge in [-0.1, -0.05) is 6.92 Å². The zero-order valence-electron chi connectivity index (χ0n) is 7.71. The van der Waals surface area contributed by atoms with E-state index in [2.05, 4.69) is 17.1 Å². The molecule has 1 unspecified atom stereocenters. The molecule has 0 aliphatic carbocycles. The maximum Gasteiger partial charge on any atom is 0.176 e. The van der Waals surface area contributed by atoms with E-state index in [1.54, 1.807) is 0 Å². The second-order valence-corrected chi connectivity index (χ2v) is 3.61. The average Bonchev–Trinajstić information content (AvgIpc) is 2.53. The van der Waals surface area contributed by atoms with E-state index in [1.807, 2.05) is 6.19 Å². The average molecular weight is 167 g/mol. The summed E-state index contributed by atoms with van der Waals surface area (Å²) < 4.78 is 0. The molecule has 3 nitrogen and oxygen atoms in total. The molecule has 0 saturated carbocycles. The van der Waals surface area contributed by atoms with Crippen LogP contribution >= 0.6 is 0 Å². The first-order valence-electron chi connectivity index (χ1n) is 4.67. The van der Waals surface area contributed by atoms with Gasteiger partial charge in [0.05, 0.1) is 0 Å². The van der Waals surface area contributed by atoms with Crippen molar-refractivity contribution in [2.75, 3.05) is 26.2 Å². The van der Waals surface area contributed by atoms with Crippen LogP contribution in [0, 0.1) is 17.4 Å². The van der Waals surface area contributed by atoms with Crippen LogP contribution in [0.3, 0.4) is 0 Å². The molecule has 68 valence electrons. The molecule has 1 N–H and O–H groups in total. The van der Waals surface area contributed by atoms with E-state index in [0.29, 0.717) is 5.92 Å². The molecule has 1 fully saturated rings. The minimum Gasteiger partial charge on any atom is -0.324 e. The highest BCUT2D eigenvalue weighted by atomic mass is 15.1. The fourth-order valence-corrected chi connectivity index (χ4v) is 1.69. The summed E-state index contributed by atoms with van der Waals surface area (Å²) in [5.74, 6) is 0.586. The van der Waals surface area contributed by atoms with Crippen LogP contribution in [-0.2, 0) is 0 Å². The maximum atomic E-state index is 8.30. The Morgan fingerprint density at radius 2 is 2.17 bits per heavy atom. The fourth-order valence-electron chi connectivity index (χ4n) is 1.69. The number of hydrogen-bond acceptors (Lipinski definition) is 3. The third kappa shape index (κ3) is 3.10. The van der Waals surface area contributed by atoms with Gasteiger partial charge in [-0.25, -0.2) is 0 Å². The van der Waals surface area contributed by atoms with E-state index in [-0.39, 0.29) is 0 Å². The van der Waals surface area contributed by atoms with Gasteiger partial charge in [-0.2, -0.15) is 5.26 Å². The van der Waals surface area contributed by atoms with Crippen molar-refractivity contribution >= 4 is 0 Å². The van der Waals surface area contributed by atoms with Crippen LogP contribution < -0.4 is 5.32 Å². The SMILES string of the molecule is CC(CNC#N)CN1CCCC1. The van der Waals surface area contributed by atoms with E-state index in [1.165, 1.54) is 25.9 Å². The van der Waals surface area contributed by atoms with Gasteiger partial charge in [0.25, 0.3) is 0 Å². The third-order valence-corrected chi connectivity index (χ3v) is 2.30. The second kappa shape index (κ2) is 5.00. The number of rotatable bonds is 4. The predicted molar refractivity (Wildman–Crippen MR) is 48.5 cm³/mol. The van der Waals surface area contributed by atoms with Gasteiger partial charge >= 0.3 is 0 Å². The lowest BCUT2D eigenvalue weighted by Crippen LogP contribution is -2.30. The number of nitrogens with zero attached hydrogens (tertiary/aromatic N) is 2. The lowest BCUT2D eigenvalue weighted by molar-refractivity contribution is 0.287. The first-order valence-corrected chi connectivity index (χ1v) is 4.67. The van der Waals surface area contributed by atoms with Gasteiger partial charge < -0.3 is 10.2 Å². The number of hydrogen-bond donors (Lipinski definition) is 1. The Morgan fingerprint density at radius 3 is 2.75 bits per heavy atom. The molecule has 1 rings (SSSR count). The van der Waals surface area contributed by atoms with Crippen LogP contribution in [-0.4, -0.2) is 31.1 Å². The van der Waals surface area contributed by atoms with Crippen LogP contribution in [0.5, 0.6) is 0 Å². The van der Waals surface area contributed by atoms with Gasteiger partial charge in [0, 0.05) is 13.1 Å². The van der Waals surface area contributed by atoms with Crippen molar-refractivity contribution in [3.63, 3.8) is 0 Å². The number of nitriles is 1. The van der Waals surface area contributed by atoms with Gasteiger partial charge in [-0.15, -0.1) is 0 Å². The molecule has 0 radical (unpaired) electrons. The summed E-state index contributed by atoms with van der Waals surface area (Å²) >= 11 is 0. The van der Waals surface area contributed by atoms with Crippen molar-refractivity contribution in [2.45, 2.75) is 19.8 Å². The van der Waals surface area contributed by atoms with Crippen LogP contribution in [0.4, 0.5) is 0 Å². The third-order valence-electron chi connectivity index (χ3n) is 2.30. The zero-order valence-corrected chi connectivity index (χ0v) is 7.71. The van der Waals surface area contributed by atoms with Crippen molar-refractivity contribution < 1.29 is 0 Å². The Balaban J connectivity index is 2.08. The minimum absolute atomic E-state index is 0.586. The summed E-state index contributed by atoms with van der Waals surface area (Å²) in [7, 11) is 0. The molecule has 1 saturated heterocycles. The highest BCUT2D eigenvalue weighted by Gasteiger charge is 2.13. The molecule has 1 aliphatic heterocycles. The Hall–Kier alpha value is -0.750. The van der Waals surface area contributed by atoms with Crippen LogP contribution in [0.2, 0.25) is 0 Å². The van der Waals surface area contributed by atoms with Gasteiger partial charge in [-0.3, -0.25) is 0 Å². The summed E-state index contributed by atoms with van der Waals surface area (Å²) in [6.45, 7) is 6.62. The molecular weight excluding hydrogens is 150 g/mol. The van der Waals surface area contributed by atoms with E-state index in [9.17, 15) is 0 Å². The Morgan fingerprint density at radius 1 is 1.50 bits per heavy atom. The van der Waals surface area contributed by atoms with Crippen molar-refractivity contribution in [1.82, 2.24) is 10.2 Å². The van der Waals surface area contributed by atoms with E-state index < -0.39 is 0 Å². The Bertz CT molecular complexity index is 156. The van der Waals surface area contributed by atoms with Crippen molar-refractivity contribution in [3.05, 3.63) is 0 Å². The fraction of sp³-hybridized carbons (Fsp3) is 0.889. The molecule has 0 aromatic heterocycles. The highest BCUT2D eigenvalue weighted by Crippen LogP contribution is 2.09. The van der Waals surface area contributed by atoms with Crippen LogP contribution in [0.25, 0.3) is 0 Å². The van der Waals surface area contributed by atoms with Crippen molar-refractivity contribution in [3.8, 4) is 6.19 Å². The molecule has 0 bridgehead atoms. The molecule has 1 aliphatic rings. The smallest absolute Gasteiger partial charge is 0.176 e. The largest absolute Gasteiger partial charge is 0.324 e. The summed E-state index contributed by atoms with van der Waals surface area (Å²) in [5.41, 5.74) is 0. The van der Waals surface area contributed by atoms with Crippen LogP contribution in [0.15, 0.2) is 0 Å². The Kier molecular flexibility index (Phi) is 3.89. The molecule has 0 aromatic carbocycles. The second-order valence-electron chi connectivity index (χ2n) is 3.61. The molecule has 3 heteroatoms. The molecule has 1 atom stereocenters. The van der Waals surface area contributed by atoms with E-state index in [0.717, 1.165) is 13.1 Å². The first kappa shape index (κ1) is 9.34. The summed E-state index contributed by atoms with van der Waals surface area (Å²) in [6.07, 6.45) is 4.65. The molecule has 0 spiro atoms. The van der Waals surface area contributed by atoms with Crippen molar-refractivity contribution in [1.29, 1.82) is 5.26 Å². The van der Waals surface area contributed by atoms with Gasteiger partial charge in [0.15, 0.2) is 6.19 Å². The highest BCUT2D eigenvalue weighted by molar-refractivity contribution is 4.73. The predicted octanol–water partition coefficient (Wildman–Crippen LogP) is 0.789. The quantitative estimate of drug-likeness (QED) is 0.497. The first-order chi connectivity index (χ1) is 5.83. The van der Waals surface area contributed by atoms with Gasteiger partial charge in [0.2, 0.25) is 0 Å². The normalized spacial score (nSPS) is 20.3. The molecule has 0 aromatic rings. The molecule has 0 amide bonds. The monoisotopic (exact) mass is 167 g/mol. The maximum absolute atomic E-state index is 8.30. The van der Waals surface area contributed by atoms with E-state index >= 15 is 0 Å². The minimum atomic E-state index is 0.586.